The van der Waals surface area contributed by atoms with Gasteiger partial charge in [-0.3, -0.25) is 28.8 Å². The predicted octanol–water partition coefficient (Wildman–Crippen LogP) is 13.0. The topological polar surface area (TPSA) is 230 Å². The van der Waals surface area contributed by atoms with Gasteiger partial charge >= 0.3 is 35.8 Å². The molecule has 3 aromatic carbocycles. The van der Waals surface area contributed by atoms with E-state index in [4.69, 9.17) is 37.9 Å². The van der Waals surface area contributed by atoms with Crippen molar-refractivity contribution in [1.82, 2.24) is 0 Å². The van der Waals surface area contributed by atoms with Crippen molar-refractivity contribution >= 4 is 59.3 Å². The largest absolute Gasteiger partial charge is 0.465 e. The highest BCUT2D eigenvalue weighted by atomic mass is 32.2. The lowest BCUT2D eigenvalue weighted by Crippen LogP contribution is -2.30. The van der Waals surface area contributed by atoms with Gasteiger partial charge in [0, 0.05) is 25.7 Å². The second-order valence-electron chi connectivity index (χ2n) is 22.1. The molecule has 8 rings (SSSR count). The summed E-state index contributed by atoms with van der Waals surface area (Å²) in [6.45, 7) is 2.40. The van der Waals surface area contributed by atoms with Crippen molar-refractivity contribution in [2.75, 3.05) is 26.4 Å². The third-order valence-electron chi connectivity index (χ3n) is 15.8. The molecule has 2 atom stereocenters. The maximum absolute atomic E-state index is 13.7. The van der Waals surface area contributed by atoms with Crippen LogP contribution in [0.5, 0.6) is 23.0 Å². The molecule has 18 heteroatoms. The zero-order valence-corrected chi connectivity index (χ0v) is 48.5. The molecule has 0 spiro atoms. The Kier molecular flexibility index (Phi) is 24.6. The van der Waals surface area contributed by atoms with E-state index in [0.717, 1.165) is 99.2 Å². The number of fused-ring (bicyclic) bond motifs is 1. The summed E-state index contributed by atoms with van der Waals surface area (Å²) < 4.78 is 45.2. The minimum atomic E-state index is -0.490. The molecule has 2 saturated heterocycles. The third-order valence-corrected chi connectivity index (χ3v) is 18.4. The van der Waals surface area contributed by atoms with Crippen molar-refractivity contribution in [2.24, 2.45) is 23.7 Å². The molecule has 2 aliphatic carbocycles. The van der Waals surface area contributed by atoms with E-state index in [9.17, 15) is 39.3 Å². The van der Waals surface area contributed by atoms with E-state index in [1.54, 1.807) is 36.4 Å². The predicted molar refractivity (Wildman–Crippen MR) is 305 cm³/mol. The molecule has 0 N–H and O–H groups in total. The van der Waals surface area contributed by atoms with Crippen molar-refractivity contribution in [3.8, 4) is 35.1 Å². The van der Waals surface area contributed by atoms with Gasteiger partial charge in [-0.15, -0.1) is 0 Å². The number of epoxide rings is 2. The summed E-state index contributed by atoms with van der Waals surface area (Å²) in [5, 5.41) is 19.4. The van der Waals surface area contributed by atoms with Crippen molar-refractivity contribution in [1.29, 1.82) is 10.5 Å². The number of carbonyl (C=O) groups excluding carboxylic acids is 6. The summed E-state index contributed by atoms with van der Waals surface area (Å²) in [6.07, 6.45) is 21.7. The highest BCUT2D eigenvalue weighted by molar-refractivity contribution is 8.24. The van der Waals surface area contributed by atoms with Gasteiger partial charge < -0.3 is 37.9 Å². The molecule has 16 nitrogen and oxygen atoms in total. The average Bonchev–Trinajstić information content (AvgIpc) is 4.53. The first kappa shape index (κ1) is 61.9. The Bertz CT molecular complexity index is 2580. The molecular weight excluding hydrogens is 1080 g/mol. The van der Waals surface area contributed by atoms with Gasteiger partial charge in [0.15, 0.2) is 0 Å². The third kappa shape index (κ3) is 20.3. The molecule has 2 saturated carbocycles. The Morgan fingerprint density at radius 2 is 0.780 bits per heavy atom. The van der Waals surface area contributed by atoms with E-state index < -0.39 is 35.6 Å². The molecule has 0 aromatic heterocycles. The maximum Gasteiger partial charge on any atom is 0.314 e. The van der Waals surface area contributed by atoms with Gasteiger partial charge in [0.1, 0.15) is 40.7 Å². The molecule has 0 radical (unpaired) electrons. The first-order chi connectivity index (χ1) is 40.0. The smallest absolute Gasteiger partial charge is 0.314 e. The monoisotopic (exact) mass is 1160 g/mol. The van der Waals surface area contributed by atoms with E-state index in [2.05, 4.69) is 0 Å². The Morgan fingerprint density at radius 1 is 0.451 bits per heavy atom. The van der Waals surface area contributed by atoms with E-state index in [1.807, 2.05) is 36.4 Å². The Hall–Kier alpha value is -6.18. The number of nitriles is 2. The molecule has 3 heterocycles. The van der Waals surface area contributed by atoms with E-state index >= 15 is 0 Å². The van der Waals surface area contributed by atoms with E-state index in [-0.39, 0.29) is 54.2 Å². The summed E-state index contributed by atoms with van der Waals surface area (Å²) in [6, 6.07) is 21.2. The first-order valence-electron chi connectivity index (χ1n) is 29.7. The Morgan fingerprint density at radius 3 is 1.12 bits per heavy atom. The van der Waals surface area contributed by atoms with Crippen molar-refractivity contribution in [3.05, 3.63) is 81.6 Å². The number of carbonyl (C=O) groups is 6. The van der Waals surface area contributed by atoms with Crippen LogP contribution in [0.2, 0.25) is 0 Å². The second kappa shape index (κ2) is 32.6. The van der Waals surface area contributed by atoms with Crippen LogP contribution in [0.25, 0.3) is 0 Å². The highest BCUT2D eigenvalue weighted by Crippen LogP contribution is 2.59. The van der Waals surface area contributed by atoms with Crippen LogP contribution in [0.4, 0.5) is 0 Å². The first-order valence-corrected chi connectivity index (χ1v) is 31.3. The molecule has 0 bridgehead atoms. The minimum absolute atomic E-state index is 0.130. The molecule has 0 amide bonds. The molecule has 4 fully saturated rings. The quantitative estimate of drug-likeness (QED) is 0.0186. The van der Waals surface area contributed by atoms with Crippen molar-refractivity contribution in [3.63, 3.8) is 0 Å². The van der Waals surface area contributed by atoms with Gasteiger partial charge in [0.05, 0.1) is 76.3 Å². The Balaban J connectivity index is 0.719. The molecule has 2 unspecified atom stereocenters. The zero-order valence-electron chi connectivity index (χ0n) is 46.9. The lowest BCUT2D eigenvalue weighted by molar-refractivity contribution is -0.145. The lowest BCUT2D eigenvalue weighted by atomic mass is 9.82. The maximum atomic E-state index is 13.7. The Labute approximate surface area is 490 Å². The van der Waals surface area contributed by atoms with Crippen LogP contribution in [0.15, 0.2) is 80.3 Å². The summed E-state index contributed by atoms with van der Waals surface area (Å²) in [7, 11) is 0. The van der Waals surface area contributed by atoms with Gasteiger partial charge in [-0.05, 0) is 125 Å². The molecule has 82 heavy (non-hydrogen) atoms. The number of unbranched alkanes of at least 4 members (excludes halogenated alkanes) is 10. The molecule has 5 aliphatic rings. The van der Waals surface area contributed by atoms with Gasteiger partial charge in [0.25, 0.3) is 0 Å². The number of hydrogen-bond acceptors (Lipinski definition) is 18. The fourth-order valence-electron chi connectivity index (χ4n) is 10.5. The summed E-state index contributed by atoms with van der Waals surface area (Å²) in [4.78, 5) is 79.1. The molecule has 3 aliphatic heterocycles. The highest BCUT2D eigenvalue weighted by Gasteiger charge is 2.37. The van der Waals surface area contributed by atoms with Crippen LogP contribution >= 0.6 is 23.5 Å². The van der Waals surface area contributed by atoms with Crippen LogP contribution < -0.4 is 18.9 Å². The number of rotatable bonds is 32. The second-order valence-corrected chi connectivity index (χ2v) is 24.4. The number of hydrogen-bond donors (Lipinski definition) is 0. The standard InChI is InChI=1S/C64H76N2O14S2/c65-39-49(40-66)64-81-58-54(79-62(71)47-25-21-45(22-26-47)60(69)77-50-29-17-43(18-30-50)35-37-73-56(67)15-11-7-3-1-5-9-13-52-41-75-52)33-34-55(59(58)82-64)80-63(72)48-27-23-46(24-28-48)61(70)78-51-31-19-44(20-32-51)36-38-74-57(68)16-12-8-4-2-6-10-14-53-42-76-53/h17-20,29-34,45-48,52-53H,1-16,21-28,35-38,41-42H2/t45-,46-,47-,48-,52?,53?. The summed E-state index contributed by atoms with van der Waals surface area (Å²) in [5.74, 6) is -2.64. The zero-order chi connectivity index (χ0) is 57.5. The SMILES string of the molecule is N#CC(C#N)=C1Sc2c(OC(=O)[C@H]3CC[C@H](C(=O)Oc4ccc(CCOC(=O)CCCCCCCCC5CO5)cc4)CC3)ccc(OC(=O)[C@H]3CC[C@H](C(=O)Oc4ccc(CCOC(=O)CCCCCCCCC5CO5)cc4)CC3)c2S1. The van der Waals surface area contributed by atoms with Crippen LogP contribution in [-0.2, 0) is 60.6 Å². The fourth-order valence-corrected chi connectivity index (χ4v) is 13.0. The van der Waals surface area contributed by atoms with E-state index in [0.29, 0.717) is 115 Å². The van der Waals surface area contributed by atoms with Crippen LogP contribution in [0.3, 0.4) is 0 Å². The molecule has 3 aromatic rings. The number of allylic oxidation sites excluding steroid dienone is 1. The van der Waals surface area contributed by atoms with Crippen molar-refractivity contribution in [2.45, 2.75) is 189 Å². The summed E-state index contributed by atoms with van der Waals surface area (Å²) in [5.41, 5.74) is 1.77. The normalized spacial score (nSPS) is 20.5. The van der Waals surface area contributed by atoms with Crippen LogP contribution in [0.1, 0.15) is 165 Å². The number of esters is 6. The van der Waals surface area contributed by atoms with Crippen molar-refractivity contribution < 1.29 is 66.7 Å². The molecular formula is C64H76N2O14S2. The molecule has 438 valence electrons. The van der Waals surface area contributed by atoms with Crippen LogP contribution in [0, 0.1) is 46.3 Å². The van der Waals surface area contributed by atoms with Gasteiger partial charge in [-0.25, -0.2) is 0 Å². The minimum Gasteiger partial charge on any atom is -0.465 e. The summed E-state index contributed by atoms with van der Waals surface area (Å²) >= 11 is 2.19. The van der Waals surface area contributed by atoms with E-state index in [1.165, 1.54) is 38.5 Å². The lowest BCUT2D eigenvalue weighted by Gasteiger charge is -2.26. The number of thioether (sulfide) groups is 2. The van der Waals surface area contributed by atoms with Gasteiger partial charge in [0.2, 0.25) is 0 Å². The average molecular weight is 1160 g/mol. The number of benzene rings is 3. The van der Waals surface area contributed by atoms with Crippen LogP contribution in [-0.4, -0.2) is 74.5 Å². The fraction of sp³-hybridized carbons (Fsp3) is 0.562. The number of ether oxygens (including phenoxy) is 8. The van der Waals surface area contributed by atoms with Gasteiger partial charge in [-0.2, -0.15) is 10.5 Å². The van der Waals surface area contributed by atoms with Gasteiger partial charge in [-0.1, -0.05) is 112 Å². The number of nitrogens with zero attached hydrogens (tertiary/aromatic N) is 2.